The van der Waals surface area contributed by atoms with Crippen LogP contribution in [-0.2, 0) is 46.2 Å². The third-order valence-corrected chi connectivity index (χ3v) is 7.44. The Morgan fingerprint density at radius 3 is 1.91 bits per heavy atom. The number of nitrogens with one attached hydrogen (secondary N) is 3. The van der Waals surface area contributed by atoms with E-state index in [2.05, 4.69) is 20.7 Å². The molecule has 2 aromatic rings. The maximum atomic E-state index is 13.5. The molecule has 238 valence electrons. The Labute approximate surface area is 254 Å². The van der Waals surface area contributed by atoms with Crippen LogP contribution in [0.2, 0.25) is 0 Å². The number of hydrogen-bond donors (Lipinski definition) is 3. The lowest BCUT2D eigenvalue weighted by Crippen LogP contribution is -2.59. The van der Waals surface area contributed by atoms with Gasteiger partial charge in [-0.2, -0.15) is 8.78 Å². The first-order valence-corrected chi connectivity index (χ1v) is 14.5. The quantitative estimate of drug-likeness (QED) is 0.236. The van der Waals surface area contributed by atoms with Gasteiger partial charge in [-0.3, -0.25) is 24.1 Å². The monoisotopic (exact) mass is 616 g/mol. The lowest BCUT2D eigenvalue weighted by atomic mass is 9.94. The molecule has 0 saturated carbocycles. The van der Waals surface area contributed by atoms with E-state index in [1.54, 1.807) is 61.5 Å². The molecule has 2 aromatic carbocycles. The number of alkyl halides is 2. The summed E-state index contributed by atoms with van der Waals surface area (Å²) < 4.78 is 41.2. The minimum atomic E-state index is -3.21. The van der Waals surface area contributed by atoms with E-state index in [1.165, 1.54) is 0 Å². The summed E-state index contributed by atoms with van der Waals surface area (Å²) >= 11 is 0. The summed E-state index contributed by atoms with van der Waals surface area (Å²) in [5.74, 6) is -2.47. The van der Waals surface area contributed by atoms with Crippen molar-refractivity contribution in [1.82, 2.24) is 20.9 Å². The van der Waals surface area contributed by atoms with E-state index in [-0.39, 0.29) is 31.8 Å². The molecule has 2 aliphatic rings. The van der Waals surface area contributed by atoms with Crippen LogP contribution in [0.4, 0.5) is 8.78 Å². The zero-order valence-electron chi connectivity index (χ0n) is 24.5. The Kier molecular flexibility index (Phi) is 11.9. The van der Waals surface area contributed by atoms with Gasteiger partial charge in [-0.1, -0.05) is 60.7 Å². The molecule has 2 saturated heterocycles. The lowest BCUT2D eigenvalue weighted by Gasteiger charge is -2.28. The molecule has 0 radical (unpaired) electrons. The number of carbonyl (C=O) groups excluding carboxylic acids is 4. The fourth-order valence-electron chi connectivity index (χ4n) is 4.84. The fourth-order valence-corrected chi connectivity index (χ4v) is 4.84. The molecule has 0 spiro atoms. The Bertz CT molecular complexity index is 1260. The molecule has 13 heteroatoms. The number of Topliss-reactive ketones (excluding diaryl/α,β-unsaturated/α-hetero) is 1. The van der Waals surface area contributed by atoms with Crippen molar-refractivity contribution in [3.8, 4) is 0 Å². The van der Waals surface area contributed by atoms with Crippen molar-refractivity contribution < 1.29 is 42.2 Å². The van der Waals surface area contributed by atoms with Crippen molar-refractivity contribution in [2.75, 3.05) is 46.1 Å². The van der Waals surface area contributed by atoms with Gasteiger partial charge in [0.15, 0.2) is 5.78 Å². The van der Waals surface area contributed by atoms with E-state index in [9.17, 15) is 28.0 Å². The molecule has 2 fully saturated rings. The van der Waals surface area contributed by atoms with Crippen LogP contribution in [0.25, 0.3) is 0 Å². The molecule has 3 amide bonds. The Morgan fingerprint density at radius 1 is 0.841 bits per heavy atom. The van der Waals surface area contributed by atoms with Crippen LogP contribution in [-0.4, -0.2) is 105 Å². The van der Waals surface area contributed by atoms with E-state index < -0.39 is 54.7 Å². The highest BCUT2D eigenvalue weighted by Gasteiger charge is 2.50. The maximum absolute atomic E-state index is 13.5. The first-order valence-electron chi connectivity index (χ1n) is 14.5. The molecule has 2 aliphatic heterocycles. The van der Waals surface area contributed by atoms with Crippen molar-refractivity contribution in [3.05, 3.63) is 71.8 Å². The third kappa shape index (κ3) is 10.2. The average Bonchev–Trinajstić information content (AvgIpc) is 3.77. The van der Waals surface area contributed by atoms with Gasteiger partial charge in [0.25, 0.3) is 0 Å². The Balaban J connectivity index is 1.49. The molecule has 0 aromatic heterocycles. The molecule has 44 heavy (non-hydrogen) atoms. The number of amides is 3. The summed E-state index contributed by atoms with van der Waals surface area (Å²) in [6.45, 7) is -0.163. The summed E-state index contributed by atoms with van der Waals surface area (Å²) in [6, 6.07) is 14.1. The number of halogens is 2. The number of morpholine rings is 1. The summed E-state index contributed by atoms with van der Waals surface area (Å²) in [7, 11) is 0. The zero-order chi connectivity index (χ0) is 31.5. The lowest BCUT2D eigenvalue weighted by molar-refractivity contribution is -0.148. The van der Waals surface area contributed by atoms with E-state index >= 15 is 0 Å². The number of ketones is 1. The molecule has 0 aliphatic carbocycles. The molecule has 11 nitrogen and oxygen atoms in total. The van der Waals surface area contributed by atoms with Crippen molar-refractivity contribution in [2.45, 2.75) is 50.1 Å². The summed E-state index contributed by atoms with van der Waals surface area (Å²) in [4.78, 5) is 55.0. The molecule has 3 N–H and O–H groups in total. The minimum absolute atomic E-state index is 0.0322. The van der Waals surface area contributed by atoms with Gasteiger partial charge in [0.2, 0.25) is 17.7 Å². The van der Waals surface area contributed by atoms with Gasteiger partial charge in [-0.25, -0.2) is 0 Å². The number of benzene rings is 2. The van der Waals surface area contributed by atoms with Crippen LogP contribution in [0.1, 0.15) is 18.1 Å². The number of epoxide rings is 1. The standard InChI is InChI=1S/C31H38F2N4O7/c1-31(20-44-31)27(39)23(16-21-8-4-2-5-9-21)35-29(41)25(19-43-30(32)33)36-28(40)24(17-22-10-6-3-7-11-22)34-26(38)18-37-12-14-42-15-13-37/h2-11,23-25,30H,12-20H2,1H3,(H,34,38)(H,35,41)(H,36,40)/t23-,24-,25-,31-/m0/s1. The van der Waals surface area contributed by atoms with Crippen LogP contribution < -0.4 is 16.0 Å². The predicted molar refractivity (Wildman–Crippen MR) is 155 cm³/mol. The second-order valence-corrected chi connectivity index (χ2v) is 11.0. The van der Waals surface area contributed by atoms with Gasteiger partial charge >= 0.3 is 6.61 Å². The summed E-state index contributed by atoms with van der Waals surface area (Å²) in [5, 5.41) is 7.79. The average molecular weight is 617 g/mol. The topological polar surface area (TPSA) is 139 Å². The van der Waals surface area contributed by atoms with E-state index in [0.29, 0.717) is 26.3 Å². The maximum Gasteiger partial charge on any atom is 0.345 e. The van der Waals surface area contributed by atoms with Gasteiger partial charge in [0, 0.05) is 19.5 Å². The molecular formula is C31H38F2N4O7. The van der Waals surface area contributed by atoms with Gasteiger partial charge in [-0.05, 0) is 24.5 Å². The normalized spacial score (nSPS) is 20.3. The van der Waals surface area contributed by atoms with Gasteiger partial charge < -0.3 is 30.2 Å². The highest BCUT2D eigenvalue weighted by atomic mass is 19.3. The van der Waals surface area contributed by atoms with E-state index in [0.717, 1.165) is 11.1 Å². The number of carbonyl (C=O) groups is 4. The van der Waals surface area contributed by atoms with Crippen molar-refractivity contribution >= 4 is 23.5 Å². The van der Waals surface area contributed by atoms with Crippen LogP contribution in [0.15, 0.2) is 60.7 Å². The Morgan fingerprint density at radius 2 is 1.36 bits per heavy atom. The molecule has 2 heterocycles. The van der Waals surface area contributed by atoms with Crippen LogP contribution in [0.3, 0.4) is 0 Å². The first-order chi connectivity index (χ1) is 21.1. The Hall–Kier alpha value is -3.78. The largest absolute Gasteiger partial charge is 0.379 e. The molecule has 0 bridgehead atoms. The van der Waals surface area contributed by atoms with Crippen LogP contribution in [0, 0.1) is 0 Å². The van der Waals surface area contributed by atoms with E-state index in [1.807, 2.05) is 11.0 Å². The zero-order valence-corrected chi connectivity index (χ0v) is 24.5. The predicted octanol–water partition coefficient (Wildman–Crippen LogP) is 0.856. The SMILES string of the molecule is C[C@@]1(C(=O)[C@H](Cc2ccccc2)NC(=O)[C@H](COC(F)F)NC(=O)[C@H](Cc2ccccc2)NC(=O)CN2CCOCC2)CO1. The smallest absolute Gasteiger partial charge is 0.345 e. The highest BCUT2D eigenvalue weighted by Crippen LogP contribution is 2.29. The van der Waals surface area contributed by atoms with Crippen molar-refractivity contribution in [2.24, 2.45) is 0 Å². The number of nitrogens with zero attached hydrogens (tertiary/aromatic N) is 1. The highest BCUT2D eigenvalue weighted by molar-refractivity contribution is 5.98. The second-order valence-electron chi connectivity index (χ2n) is 11.0. The second kappa shape index (κ2) is 15.8. The van der Waals surface area contributed by atoms with Gasteiger partial charge in [-0.15, -0.1) is 0 Å². The number of ether oxygens (including phenoxy) is 3. The molecular weight excluding hydrogens is 578 g/mol. The number of hydrogen-bond acceptors (Lipinski definition) is 8. The molecule has 0 unspecified atom stereocenters. The van der Waals surface area contributed by atoms with Gasteiger partial charge in [0.1, 0.15) is 17.7 Å². The number of rotatable bonds is 16. The minimum Gasteiger partial charge on any atom is -0.379 e. The first kappa shape index (κ1) is 33.1. The fraction of sp³-hybridized carbons (Fsp3) is 0.484. The van der Waals surface area contributed by atoms with Crippen LogP contribution in [0.5, 0.6) is 0 Å². The summed E-state index contributed by atoms with van der Waals surface area (Å²) in [6.07, 6.45) is 0.200. The summed E-state index contributed by atoms with van der Waals surface area (Å²) in [5.41, 5.74) is 0.414. The van der Waals surface area contributed by atoms with Gasteiger partial charge in [0.05, 0.1) is 39.0 Å². The third-order valence-electron chi connectivity index (χ3n) is 7.44. The van der Waals surface area contributed by atoms with Crippen molar-refractivity contribution in [3.63, 3.8) is 0 Å². The van der Waals surface area contributed by atoms with Crippen LogP contribution >= 0.6 is 0 Å². The molecule has 4 atom stereocenters. The molecule has 4 rings (SSSR count). The van der Waals surface area contributed by atoms with E-state index in [4.69, 9.17) is 9.47 Å². The van der Waals surface area contributed by atoms with Crippen molar-refractivity contribution in [1.29, 1.82) is 0 Å².